The molecule has 1 aromatic rings. The Morgan fingerprint density at radius 2 is 2.00 bits per heavy atom. The van der Waals surface area contributed by atoms with Crippen LogP contribution in [0.5, 0.6) is 5.75 Å². The minimum Gasteiger partial charge on any atom is -0.484 e. The van der Waals surface area contributed by atoms with E-state index in [0.717, 1.165) is 25.9 Å². The van der Waals surface area contributed by atoms with Crippen LogP contribution in [0.4, 0.5) is 0 Å². The molecule has 1 aliphatic rings. The van der Waals surface area contributed by atoms with Crippen molar-refractivity contribution in [1.29, 1.82) is 0 Å². The number of rotatable bonds is 6. The number of amides is 1. The monoisotopic (exact) mass is 307 g/mol. The van der Waals surface area contributed by atoms with Crippen LogP contribution < -0.4 is 15.8 Å². The Morgan fingerprint density at radius 1 is 1.33 bits per heavy atom. The first-order valence-corrected chi connectivity index (χ1v) is 7.52. The molecule has 0 aliphatic carbocycles. The standard InChI is InChI=1S/C15H21N3O2S/c16-14(21)10-18-8-6-12(7-9-18)17-15(19)11-20-13-4-2-1-3-5-13/h1-5,12H,6-11H2,(H2,16,21)(H,17,19). The fourth-order valence-electron chi connectivity index (χ4n) is 2.39. The molecule has 21 heavy (non-hydrogen) atoms. The first-order chi connectivity index (χ1) is 10.1. The Labute approximate surface area is 130 Å². The third-order valence-corrected chi connectivity index (χ3v) is 3.57. The van der Waals surface area contributed by atoms with Gasteiger partial charge in [-0.05, 0) is 25.0 Å². The number of para-hydroxylation sites is 1. The first-order valence-electron chi connectivity index (χ1n) is 7.11. The highest BCUT2D eigenvalue weighted by atomic mass is 32.1. The predicted octanol–water partition coefficient (Wildman–Crippen LogP) is 0.932. The van der Waals surface area contributed by atoms with E-state index in [1.165, 1.54) is 0 Å². The molecule has 0 radical (unpaired) electrons. The van der Waals surface area contributed by atoms with Gasteiger partial charge in [-0.15, -0.1) is 0 Å². The van der Waals surface area contributed by atoms with Gasteiger partial charge in [0.1, 0.15) is 5.75 Å². The third-order valence-electron chi connectivity index (χ3n) is 3.45. The molecule has 0 bridgehead atoms. The van der Waals surface area contributed by atoms with Gasteiger partial charge in [-0.1, -0.05) is 30.4 Å². The Balaban J connectivity index is 1.66. The quantitative estimate of drug-likeness (QED) is 0.765. The molecule has 2 rings (SSSR count). The molecule has 1 aromatic carbocycles. The second-order valence-electron chi connectivity index (χ2n) is 5.19. The summed E-state index contributed by atoms with van der Waals surface area (Å²) in [5.74, 6) is 0.630. The Bertz CT molecular complexity index is 473. The maximum atomic E-state index is 11.9. The molecule has 1 heterocycles. The van der Waals surface area contributed by atoms with E-state index in [2.05, 4.69) is 10.2 Å². The molecular weight excluding hydrogens is 286 g/mol. The molecule has 1 aliphatic heterocycles. The van der Waals surface area contributed by atoms with Gasteiger partial charge in [-0.2, -0.15) is 0 Å². The molecule has 0 aromatic heterocycles. The van der Waals surface area contributed by atoms with E-state index in [9.17, 15) is 4.79 Å². The normalized spacial score (nSPS) is 16.4. The van der Waals surface area contributed by atoms with Crippen LogP contribution in [-0.4, -0.2) is 48.1 Å². The summed E-state index contributed by atoms with van der Waals surface area (Å²) in [6, 6.07) is 9.55. The molecule has 1 saturated heterocycles. The molecule has 0 spiro atoms. The van der Waals surface area contributed by atoms with Crippen LogP contribution in [0.2, 0.25) is 0 Å². The number of ether oxygens (including phenoxy) is 1. The number of hydrogen-bond donors (Lipinski definition) is 2. The summed E-state index contributed by atoms with van der Waals surface area (Å²) in [6.07, 6.45) is 1.83. The second-order valence-corrected chi connectivity index (χ2v) is 5.71. The summed E-state index contributed by atoms with van der Waals surface area (Å²) in [5, 5.41) is 3.01. The topological polar surface area (TPSA) is 67.6 Å². The van der Waals surface area contributed by atoms with Crippen LogP contribution in [0.1, 0.15) is 12.8 Å². The molecule has 1 amide bonds. The van der Waals surface area contributed by atoms with E-state index in [1.54, 1.807) is 0 Å². The van der Waals surface area contributed by atoms with Gasteiger partial charge in [-0.25, -0.2) is 0 Å². The van der Waals surface area contributed by atoms with E-state index in [0.29, 0.717) is 17.3 Å². The third kappa shape index (κ3) is 5.69. The van der Waals surface area contributed by atoms with Crippen molar-refractivity contribution < 1.29 is 9.53 Å². The van der Waals surface area contributed by atoms with Crippen molar-refractivity contribution in [2.75, 3.05) is 26.2 Å². The number of hydrogen-bond acceptors (Lipinski definition) is 4. The zero-order valence-electron chi connectivity index (χ0n) is 12.0. The number of piperidine rings is 1. The lowest BCUT2D eigenvalue weighted by molar-refractivity contribution is -0.124. The molecule has 0 atom stereocenters. The zero-order valence-corrected chi connectivity index (χ0v) is 12.8. The fraction of sp³-hybridized carbons (Fsp3) is 0.467. The van der Waals surface area contributed by atoms with E-state index in [-0.39, 0.29) is 18.6 Å². The highest BCUT2D eigenvalue weighted by molar-refractivity contribution is 7.80. The van der Waals surface area contributed by atoms with Gasteiger partial charge in [0.25, 0.3) is 5.91 Å². The number of nitrogens with one attached hydrogen (secondary N) is 1. The van der Waals surface area contributed by atoms with Crippen LogP contribution in [-0.2, 0) is 4.79 Å². The second kappa shape index (κ2) is 7.95. The van der Waals surface area contributed by atoms with Gasteiger partial charge in [0.05, 0.1) is 4.99 Å². The van der Waals surface area contributed by atoms with Crippen molar-refractivity contribution in [2.45, 2.75) is 18.9 Å². The van der Waals surface area contributed by atoms with Crippen molar-refractivity contribution in [2.24, 2.45) is 5.73 Å². The number of nitrogens with zero attached hydrogens (tertiary/aromatic N) is 1. The fourth-order valence-corrected chi connectivity index (χ4v) is 2.57. The Kier molecular flexibility index (Phi) is 5.95. The minimum absolute atomic E-state index is 0.0527. The van der Waals surface area contributed by atoms with E-state index in [1.807, 2.05) is 30.3 Å². The van der Waals surface area contributed by atoms with E-state index < -0.39 is 0 Å². The average molecular weight is 307 g/mol. The summed E-state index contributed by atoms with van der Waals surface area (Å²) < 4.78 is 5.43. The van der Waals surface area contributed by atoms with Crippen LogP contribution in [0.25, 0.3) is 0 Å². The van der Waals surface area contributed by atoms with Crippen molar-refractivity contribution in [1.82, 2.24) is 10.2 Å². The molecule has 0 saturated carbocycles. The number of carbonyl (C=O) groups excluding carboxylic acids is 1. The van der Waals surface area contributed by atoms with Crippen LogP contribution in [0.15, 0.2) is 30.3 Å². The average Bonchev–Trinajstić information content (AvgIpc) is 2.48. The summed E-state index contributed by atoms with van der Waals surface area (Å²) in [6.45, 7) is 2.52. The molecule has 1 fully saturated rings. The number of carbonyl (C=O) groups is 1. The SMILES string of the molecule is NC(=S)CN1CCC(NC(=O)COc2ccccc2)CC1. The van der Waals surface area contributed by atoms with Crippen molar-refractivity contribution in [3.63, 3.8) is 0 Å². The lowest BCUT2D eigenvalue weighted by atomic mass is 10.1. The highest BCUT2D eigenvalue weighted by Gasteiger charge is 2.20. The minimum atomic E-state index is -0.0772. The Hall–Kier alpha value is -1.66. The first kappa shape index (κ1) is 15.7. The van der Waals surface area contributed by atoms with Crippen LogP contribution in [0, 0.1) is 0 Å². The van der Waals surface area contributed by atoms with Gasteiger partial charge < -0.3 is 15.8 Å². The molecular formula is C15H21N3O2S. The molecule has 3 N–H and O–H groups in total. The van der Waals surface area contributed by atoms with Gasteiger partial charge in [-0.3, -0.25) is 9.69 Å². The van der Waals surface area contributed by atoms with Crippen molar-refractivity contribution >= 4 is 23.1 Å². The number of benzene rings is 1. The number of likely N-dealkylation sites (tertiary alicyclic amines) is 1. The summed E-state index contributed by atoms with van der Waals surface area (Å²) in [7, 11) is 0. The molecule has 0 unspecified atom stereocenters. The molecule has 5 nitrogen and oxygen atoms in total. The smallest absolute Gasteiger partial charge is 0.258 e. The molecule has 114 valence electrons. The Morgan fingerprint density at radius 3 is 2.62 bits per heavy atom. The summed E-state index contributed by atoms with van der Waals surface area (Å²) in [4.78, 5) is 14.6. The summed E-state index contributed by atoms with van der Waals surface area (Å²) in [5.41, 5.74) is 5.54. The van der Waals surface area contributed by atoms with Crippen LogP contribution >= 0.6 is 12.2 Å². The highest BCUT2D eigenvalue weighted by Crippen LogP contribution is 2.11. The summed E-state index contributed by atoms with van der Waals surface area (Å²) >= 11 is 4.91. The van der Waals surface area contributed by atoms with E-state index >= 15 is 0 Å². The predicted molar refractivity (Wildman–Crippen MR) is 86.3 cm³/mol. The van der Waals surface area contributed by atoms with Gasteiger partial charge in [0.15, 0.2) is 6.61 Å². The van der Waals surface area contributed by atoms with Crippen LogP contribution in [0.3, 0.4) is 0 Å². The lowest BCUT2D eigenvalue weighted by Crippen LogP contribution is -2.47. The maximum Gasteiger partial charge on any atom is 0.258 e. The number of thiocarbonyl (C=S) groups is 1. The van der Waals surface area contributed by atoms with Gasteiger partial charge >= 0.3 is 0 Å². The van der Waals surface area contributed by atoms with Gasteiger partial charge in [0.2, 0.25) is 0 Å². The van der Waals surface area contributed by atoms with Crippen molar-refractivity contribution in [3.05, 3.63) is 30.3 Å². The van der Waals surface area contributed by atoms with Crippen molar-refractivity contribution in [3.8, 4) is 5.75 Å². The maximum absolute atomic E-state index is 11.9. The van der Waals surface area contributed by atoms with Gasteiger partial charge in [0, 0.05) is 25.7 Å². The lowest BCUT2D eigenvalue weighted by Gasteiger charge is -2.31. The molecule has 6 heteroatoms. The zero-order chi connectivity index (χ0) is 15.1. The number of nitrogens with two attached hydrogens (primary N) is 1. The van der Waals surface area contributed by atoms with E-state index in [4.69, 9.17) is 22.7 Å². The largest absolute Gasteiger partial charge is 0.484 e.